The minimum atomic E-state index is -0.460. The highest BCUT2D eigenvalue weighted by Crippen LogP contribution is 2.36. The Morgan fingerprint density at radius 3 is 2.56 bits per heavy atom. The molecule has 1 aliphatic rings. The molecule has 0 bridgehead atoms. The number of hydrogen-bond acceptors (Lipinski definition) is 7. The highest BCUT2D eigenvalue weighted by atomic mass is 16.7. The molecule has 0 aliphatic carbocycles. The van der Waals surface area contributed by atoms with E-state index in [4.69, 9.17) is 9.47 Å². The summed E-state index contributed by atoms with van der Waals surface area (Å²) >= 11 is 0. The second kappa shape index (κ2) is 8.57. The van der Waals surface area contributed by atoms with Crippen molar-refractivity contribution in [2.45, 2.75) is 45.8 Å². The molecule has 176 valence electrons. The van der Waals surface area contributed by atoms with E-state index >= 15 is 0 Å². The second-order valence-electron chi connectivity index (χ2n) is 9.42. The average Bonchev–Trinajstić information content (AvgIpc) is 3.47. The standard InChI is InChI=1S/C25H28N6O3/c1-5-30(14-16-9-7-6-8-10-16)22(23-27-28-29-31(23)25(2,3)4)18-11-17-12-20-21(34-15-33-20)13-19(17)26-24(18)32/h6-13,22H,5,14-15H2,1-4H3,(H,26,32). The zero-order valence-electron chi connectivity index (χ0n) is 19.8. The van der Waals surface area contributed by atoms with Gasteiger partial charge in [-0.05, 0) is 55.4 Å². The van der Waals surface area contributed by atoms with Gasteiger partial charge in [0.25, 0.3) is 5.56 Å². The van der Waals surface area contributed by atoms with E-state index in [1.165, 1.54) is 0 Å². The fraction of sp³-hybridized carbons (Fsp3) is 0.360. The van der Waals surface area contributed by atoms with Gasteiger partial charge in [0.15, 0.2) is 17.3 Å². The molecule has 9 heteroatoms. The molecule has 0 radical (unpaired) electrons. The smallest absolute Gasteiger partial charge is 0.253 e. The molecule has 2 aromatic heterocycles. The largest absolute Gasteiger partial charge is 0.454 e. The van der Waals surface area contributed by atoms with Crippen LogP contribution in [0.15, 0.2) is 53.3 Å². The maximum absolute atomic E-state index is 13.5. The van der Waals surface area contributed by atoms with Crippen LogP contribution in [0, 0.1) is 0 Å². The van der Waals surface area contributed by atoms with Crippen molar-refractivity contribution in [3.8, 4) is 11.5 Å². The predicted molar refractivity (Wildman–Crippen MR) is 128 cm³/mol. The minimum Gasteiger partial charge on any atom is -0.454 e. The summed E-state index contributed by atoms with van der Waals surface area (Å²) in [4.78, 5) is 18.7. The van der Waals surface area contributed by atoms with E-state index < -0.39 is 6.04 Å². The maximum atomic E-state index is 13.5. The Morgan fingerprint density at radius 1 is 1.12 bits per heavy atom. The molecule has 0 saturated carbocycles. The van der Waals surface area contributed by atoms with Gasteiger partial charge in [-0.25, -0.2) is 4.68 Å². The van der Waals surface area contributed by atoms with Crippen molar-refractivity contribution in [2.24, 2.45) is 0 Å². The number of aromatic nitrogens is 5. The Kier molecular flexibility index (Phi) is 5.57. The van der Waals surface area contributed by atoms with Crippen molar-refractivity contribution >= 4 is 10.9 Å². The van der Waals surface area contributed by atoms with Crippen LogP contribution in [0.5, 0.6) is 11.5 Å². The zero-order valence-corrected chi connectivity index (χ0v) is 19.8. The average molecular weight is 461 g/mol. The van der Waals surface area contributed by atoms with Gasteiger partial charge in [0.2, 0.25) is 6.79 Å². The normalized spacial score (nSPS) is 14.1. The topological polar surface area (TPSA) is 98.2 Å². The summed E-state index contributed by atoms with van der Waals surface area (Å²) < 4.78 is 12.8. The molecule has 34 heavy (non-hydrogen) atoms. The Balaban J connectivity index is 1.69. The summed E-state index contributed by atoms with van der Waals surface area (Å²) in [5, 5.41) is 13.5. The van der Waals surface area contributed by atoms with Gasteiger partial charge in [-0.2, -0.15) is 0 Å². The SMILES string of the molecule is CCN(Cc1ccccc1)C(c1cc2cc3c(cc2[nH]c1=O)OCO3)c1nnnn1C(C)(C)C. The molecule has 0 saturated heterocycles. The van der Waals surface area contributed by atoms with Crippen LogP contribution in [-0.4, -0.2) is 43.4 Å². The molecule has 4 aromatic rings. The number of benzene rings is 2. The number of fused-ring (bicyclic) bond motifs is 2. The molecule has 1 N–H and O–H groups in total. The van der Waals surface area contributed by atoms with Crippen molar-refractivity contribution in [1.29, 1.82) is 0 Å². The number of nitrogens with one attached hydrogen (secondary N) is 1. The summed E-state index contributed by atoms with van der Waals surface area (Å²) in [6.45, 7) is 9.71. The summed E-state index contributed by atoms with van der Waals surface area (Å²) in [7, 11) is 0. The third-order valence-electron chi connectivity index (χ3n) is 6.03. The van der Waals surface area contributed by atoms with E-state index in [9.17, 15) is 4.79 Å². The Bertz CT molecular complexity index is 1370. The van der Waals surface area contributed by atoms with Crippen LogP contribution in [-0.2, 0) is 12.1 Å². The van der Waals surface area contributed by atoms with Crippen LogP contribution >= 0.6 is 0 Å². The first-order chi connectivity index (χ1) is 16.3. The monoisotopic (exact) mass is 460 g/mol. The van der Waals surface area contributed by atoms with Gasteiger partial charge in [-0.3, -0.25) is 9.69 Å². The van der Waals surface area contributed by atoms with Gasteiger partial charge in [0.1, 0.15) is 6.04 Å². The third-order valence-corrected chi connectivity index (χ3v) is 6.03. The van der Waals surface area contributed by atoms with E-state index in [0.717, 1.165) is 10.9 Å². The molecule has 3 heterocycles. The molecule has 2 aromatic carbocycles. The van der Waals surface area contributed by atoms with Crippen LogP contribution in [0.4, 0.5) is 0 Å². The fourth-order valence-electron chi connectivity index (χ4n) is 4.36. The van der Waals surface area contributed by atoms with Gasteiger partial charge in [-0.15, -0.1) is 5.10 Å². The van der Waals surface area contributed by atoms with Crippen molar-refractivity contribution in [3.05, 3.63) is 75.8 Å². The first-order valence-corrected chi connectivity index (χ1v) is 11.4. The lowest BCUT2D eigenvalue weighted by Crippen LogP contribution is -2.37. The molecule has 1 unspecified atom stereocenters. The lowest BCUT2D eigenvalue weighted by molar-refractivity contribution is 0.174. The van der Waals surface area contributed by atoms with Crippen LogP contribution in [0.1, 0.15) is 50.7 Å². The van der Waals surface area contributed by atoms with Gasteiger partial charge in [0, 0.05) is 23.6 Å². The van der Waals surface area contributed by atoms with Gasteiger partial charge in [0.05, 0.1) is 11.1 Å². The van der Waals surface area contributed by atoms with Gasteiger partial charge >= 0.3 is 0 Å². The van der Waals surface area contributed by atoms with E-state index in [1.807, 2.05) is 51.1 Å². The predicted octanol–water partition coefficient (Wildman–Crippen LogP) is 3.61. The fourth-order valence-corrected chi connectivity index (χ4v) is 4.36. The van der Waals surface area contributed by atoms with E-state index in [2.05, 4.69) is 44.5 Å². The molecule has 5 rings (SSSR count). The summed E-state index contributed by atoms with van der Waals surface area (Å²) in [5.41, 5.74) is 1.86. The molecule has 0 amide bonds. The van der Waals surface area contributed by atoms with Gasteiger partial charge in [-0.1, -0.05) is 37.3 Å². The molecule has 0 fully saturated rings. The zero-order chi connectivity index (χ0) is 23.9. The number of nitrogens with zero attached hydrogens (tertiary/aromatic N) is 5. The molecular formula is C25H28N6O3. The van der Waals surface area contributed by atoms with Crippen molar-refractivity contribution in [3.63, 3.8) is 0 Å². The van der Waals surface area contributed by atoms with Crippen LogP contribution in [0.3, 0.4) is 0 Å². The molecule has 0 spiro atoms. The maximum Gasteiger partial charge on any atom is 0.253 e. The lowest BCUT2D eigenvalue weighted by atomic mass is 10.0. The number of aromatic amines is 1. The van der Waals surface area contributed by atoms with Crippen molar-refractivity contribution < 1.29 is 9.47 Å². The summed E-state index contributed by atoms with van der Waals surface area (Å²) in [6, 6.07) is 15.3. The highest BCUT2D eigenvalue weighted by molar-refractivity contribution is 5.83. The van der Waals surface area contributed by atoms with E-state index in [-0.39, 0.29) is 17.9 Å². The Hall–Kier alpha value is -3.72. The summed E-state index contributed by atoms with van der Waals surface area (Å²) in [5.74, 6) is 1.91. The molecule has 9 nitrogen and oxygen atoms in total. The lowest BCUT2D eigenvalue weighted by Gasteiger charge is -2.32. The molecule has 1 atom stereocenters. The number of tetrazole rings is 1. The Morgan fingerprint density at radius 2 is 1.85 bits per heavy atom. The first kappa shape index (κ1) is 22.1. The van der Waals surface area contributed by atoms with Crippen LogP contribution in [0.25, 0.3) is 10.9 Å². The number of hydrogen-bond donors (Lipinski definition) is 1. The van der Waals surface area contributed by atoms with E-state index in [1.54, 1.807) is 10.7 Å². The number of pyridine rings is 1. The molecule has 1 aliphatic heterocycles. The van der Waals surface area contributed by atoms with Crippen molar-refractivity contribution in [2.75, 3.05) is 13.3 Å². The second-order valence-corrected chi connectivity index (χ2v) is 9.42. The van der Waals surface area contributed by atoms with Crippen molar-refractivity contribution in [1.82, 2.24) is 30.1 Å². The minimum absolute atomic E-state index is 0.173. The number of rotatable bonds is 6. The number of ether oxygens (including phenoxy) is 2. The highest BCUT2D eigenvalue weighted by Gasteiger charge is 2.33. The van der Waals surface area contributed by atoms with Crippen LogP contribution < -0.4 is 15.0 Å². The van der Waals surface area contributed by atoms with E-state index in [0.29, 0.717) is 41.5 Å². The number of H-pyrrole nitrogens is 1. The quantitative estimate of drug-likeness (QED) is 0.469. The third kappa shape index (κ3) is 4.03. The Labute approximate surface area is 197 Å². The van der Waals surface area contributed by atoms with Crippen LogP contribution in [0.2, 0.25) is 0 Å². The molecular weight excluding hydrogens is 432 g/mol. The summed E-state index contributed by atoms with van der Waals surface area (Å²) in [6.07, 6.45) is 0. The first-order valence-electron chi connectivity index (χ1n) is 11.4. The van der Waals surface area contributed by atoms with Gasteiger partial charge < -0.3 is 14.5 Å².